The second-order valence-electron chi connectivity index (χ2n) is 8.15. The molecule has 0 bridgehead atoms. The Morgan fingerprint density at radius 3 is 2.66 bits per heavy atom. The maximum Gasteiger partial charge on any atom is 0.230 e. The van der Waals surface area contributed by atoms with Gasteiger partial charge in [-0.2, -0.15) is 5.10 Å². The van der Waals surface area contributed by atoms with E-state index >= 15 is 0 Å². The summed E-state index contributed by atoms with van der Waals surface area (Å²) in [7, 11) is 0. The first-order valence-corrected chi connectivity index (χ1v) is 11.3. The molecule has 7 rings (SSSR count). The van der Waals surface area contributed by atoms with Crippen LogP contribution in [-0.2, 0) is 0 Å². The highest BCUT2D eigenvalue weighted by atomic mass is 35.5. The van der Waals surface area contributed by atoms with Crippen molar-refractivity contribution in [3.05, 3.63) is 101 Å². The van der Waals surface area contributed by atoms with Gasteiger partial charge in [-0.15, -0.1) is 5.10 Å². The molecule has 0 saturated heterocycles. The van der Waals surface area contributed by atoms with Crippen molar-refractivity contribution in [2.45, 2.75) is 12.8 Å². The summed E-state index contributed by atoms with van der Waals surface area (Å²) in [5.41, 5.74) is 4.70. The van der Waals surface area contributed by atoms with Crippen LogP contribution in [-0.4, -0.2) is 34.3 Å². The minimum atomic E-state index is -0.341. The molecule has 6 heterocycles. The lowest BCUT2D eigenvalue weighted by molar-refractivity contribution is 0.392. The standard InChI is InChI=1S/C25H16ClN7O2/c1-14-19-20(18-5-3-11-34-18)21-23-29-22(15-4-2-10-27-12-15)31-32(23)13-28-24(21)35-25(19)33(30-14)17-8-6-16(26)7-9-17/h2-13,20H,1H3/t20-/m1/s1. The van der Waals surface area contributed by atoms with Crippen LogP contribution in [0.15, 0.2) is 77.9 Å². The van der Waals surface area contributed by atoms with Gasteiger partial charge in [0.05, 0.1) is 34.7 Å². The van der Waals surface area contributed by atoms with Crippen molar-refractivity contribution in [3.63, 3.8) is 0 Å². The highest BCUT2D eigenvalue weighted by Gasteiger charge is 2.39. The lowest BCUT2D eigenvalue weighted by Gasteiger charge is -2.24. The number of nitrogens with zero attached hydrogens (tertiary/aromatic N) is 7. The molecule has 1 aromatic carbocycles. The number of aromatic nitrogens is 7. The zero-order chi connectivity index (χ0) is 23.5. The third kappa shape index (κ3) is 3.05. The Balaban J connectivity index is 1.47. The third-order valence-corrected chi connectivity index (χ3v) is 6.29. The first-order valence-electron chi connectivity index (χ1n) is 10.9. The number of rotatable bonds is 3. The summed E-state index contributed by atoms with van der Waals surface area (Å²) < 4.78 is 15.7. The average molecular weight is 482 g/mol. The monoisotopic (exact) mass is 481 g/mol. The second kappa shape index (κ2) is 7.51. The summed E-state index contributed by atoms with van der Waals surface area (Å²) in [6.45, 7) is 1.95. The number of hydrogen-bond acceptors (Lipinski definition) is 7. The topological polar surface area (TPSA) is 96.2 Å². The predicted molar refractivity (Wildman–Crippen MR) is 127 cm³/mol. The third-order valence-electron chi connectivity index (χ3n) is 6.04. The van der Waals surface area contributed by atoms with Gasteiger partial charge in [-0.1, -0.05) is 11.6 Å². The molecule has 35 heavy (non-hydrogen) atoms. The van der Waals surface area contributed by atoms with Crippen molar-refractivity contribution in [1.82, 2.24) is 34.3 Å². The van der Waals surface area contributed by atoms with Crippen LogP contribution in [0.4, 0.5) is 0 Å². The van der Waals surface area contributed by atoms with E-state index in [0.717, 1.165) is 33.8 Å². The molecule has 5 aromatic heterocycles. The fraction of sp³-hybridized carbons (Fsp3) is 0.0800. The first-order chi connectivity index (χ1) is 17.2. The number of halogens is 1. The first kappa shape index (κ1) is 19.9. The summed E-state index contributed by atoms with van der Waals surface area (Å²) in [6.07, 6.45) is 6.70. The average Bonchev–Trinajstić information content (AvgIpc) is 3.63. The Kier molecular flexibility index (Phi) is 4.27. The number of hydrogen-bond donors (Lipinski definition) is 0. The highest BCUT2D eigenvalue weighted by Crippen LogP contribution is 2.49. The van der Waals surface area contributed by atoms with Gasteiger partial charge in [0.1, 0.15) is 12.1 Å². The van der Waals surface area contributed by atoms with E-state index in [9.17, 15) is 0 Å². The summed E-state index contributed by atoms with van der Waals surface area (Å²) in [5.74, 6) is 1.93. The Labute approximate surface area is 203 Å². The van der Waals surface area contributed by atoms with Crippen molar-refractivity contribution >= 4 is 17.2 Å². The van der Waals surface area contributed by atoms with Gasteiger partial charge in [-0.05, 0) is 55.5 Å². The van der Waals surface area contributed by atoms with E-state index in [-0.39, 0.29) is 5.92 Å². The number of aryl methyl sites for hydroxylation is 1. The molecular formula is C25H16ClN7O2. The predicted octanol–water partition coefficient (Wildman–Crippen LogP) is 5.21. The fourth-order valence-corrected chi connectivity index (χ4v) is 4.62. The van der Waals surface area contributed by atoms with Crippen LogP contribution in [0, 0.1) is 6.92 Å². The number of pyridine rings is 1. The summed E-state index contributed by atoms with van der Waals surface area (Å²) in [4.78, 5) is 13.6. The molecule has 0 radical (unpaired) electrons. The minimum Gasteiger partial charge on any atom is -0.468 e. The van der Waals surface area contributed by atoms with Crippen LogP contribution in [0.5, 0.6) is 11.8 Å². The van der Waals surface area contributed by atoms with Gasteiger partial charge in [0.25, 0.3) is 0 Å². The van der Waals surface area contributed by atoms with Gasteiger partial charge in [0.2, 0.25) is 11.8 Å². The second-order valence-corrected chi connectivity index (χ2v) is 8.59. The van der Waals surface area contributed by atoms with Gasteiger partial charge >= 0.3 is 0 Å². The minimum absolute atomic E-state index is 0.341. The molecule has 1 atom stereocenters. The van der Waals surface area contributed by atoms with E-state index in [0.29, 0.717) is 28.3 Å². The number of benzene rings is 1. The molecule has 0 amide bonds. The molecule has 0 N–H and O–H groups in total. The zero-order valence-corrected chi connectivity index (χ0v) is 19.1. The molecule has 9 nitrogen and oxygen atoms in total. The summed E-state index contributed by atoms with van der Waals surface area (Å²) >= 11 is 6.10. The summed E-state index contributed by atoms with van der Waals surface area (Å²) in [6, 6.07) is 15.0. The molecule has 1 aliphatic heterocycles. The molecule has 170 valence electrons. The Bertz CT molecular complexity index is 1690. The lowest BCUT2D eigenvalue weighted by Crippen LogP contribution is -2.15. The molecule has 0 aliphatic carbocycles. The molecule has 10 heteroatoms. The fourth-order valence-electron chi connectivity index (χ4n) is 4.49. The van der Waals surface area contributed by atoms with Gasteiger partial charge in [-0.3, -0.25) is 4.98 Å². The van der Waals surface area contributed by atoms with E-state index in [4.69, 9.17) is 30.8 Å². The number of furan rings is 1. The molecule has 6 aromatic rings. The van der Waals surface area contributed by atoms with E-state index in [1.54, 1.807) is 34.2 Å². The summed E-state index contributed by atoms with van der Waals surface area (Å²) in [5, 5.41) is 10.1. The van der Waals surface area contributed by atoms with E-state index < -0.39 is 0 Å². The molecule has 0 unspecified atom stereocenters. The smallest absolute Gasteiger partial charge is 0.230 e. The van der Waals surface area contributed by atoms with Crippen molar-refractivity contribution in [2.75, 3.05) is 0 Å². The van der Waals surface area contributed by atoms with Crippen molar-refractivity contribution in [3.8, 4) is 28.8 Å². The van der Waals surface area contributed by atoms with E-state index in [2.05, 4.69) is 15.1 Å². The van der Waals surface area contributed by atoms with E-state index in [1.165, 1.54) is 0 Å². The Hall–Kier alpha value is -4.50. The van der Waals surface area contributed by atoms with Crippen LogP contribution in [0.1, 0.15) is 28.5 Å². The van der Waals surface area contributed by atoms with Crippen LogP contribution in [0.2, 0.25) is 5.02 Å². The van der Waals surface area contributed by atoms with Gasteiger partial charge in [0, 0.05) is 23.0 Å². The largest absolute Gasteiger partial charge is 0.468 e. The van der Waals surface area contributed by atoms with Crippen LogP contribution in [0.3, 0.4) is 0 Å². The molecule has 0 saturated carbocycles. The molecule has 0 spiro atoms. The molecular weight excluding hydrogens is 466 g/mol. The SMILES string of the molecule is Cc1nn(-c2ccc(Cl)cc2)c2c1[C@@H](c1ccco1)c1c(ncn3nc(-c4cccnc4)nc13)O2. The van der Waals surface area contributed by atoms with Crippen molar-refractivity contribution < 1.29 is 9.15 Å². The van der Waals surface area contributed by atoms with Crippen molar-refractivity contribution in [2.24, 2.45) is 0 Å². The molecule has 0 fully saturated rings. The number of fused-ring (bicyclic) bond motifs is 4. The number of ether oxygens (including phenoxy) is 1. The quantitative estimate of drug-likeness (QED) is 0.341. The van der Waals surface area contributed by atoms with Crippen LogP contribution < -0.4 is 4.74 Å². The molecule has 1 aliphatic rings. The Morgan fingerprint density at radius 2 is 1.89 bits per heavy atom. The van der Waals surface area contributed by atoms with E-state index in [1.807, 2.05) is 55.5 Å². The van der Waals surface area contributed by atoms with Gasteiger partial charge in [0.15, 0.2) is 11.5 Å². The maximum absolute atomic E-state index is 6.39. The Morgan fingerprint density at radius 1 is 1.00 bits per heavy atom. The van der Waals surface area contributed by atoms with Crippen LogP contribution >= 0.6 is 11.6 Å². The maximum atomic E-state index is 6.39. The zero-order valence-electron chi connectivity index (χ0n) is 18.3. The lowest BCUT2D eigenvalue weighted by atomic mass is 9.88. The highest BCUT2D eigenvalue weighted by molar-refractivity contribution is 6.30. The van der Waals surface area contributed by atoms with Crippen molar-refractivity contribution in [1.29, 1.82) is 0 Å². The normalized spacial score (nSPS) is 14.5. The van der Waals surface area contributed by atoms with Gasteiger partial charge in [-0.25, -0.2) is 19.2 Å². The van der Waals surface area contributed by atoms with Crippen LogP contribution in [0.25, 0.3) is 22.7 Å². The van der Waals surface area contributed by atoms with Gasteiger partial charge < -0.3 is 9.15 Å².